The smallest absolute Gasteiger partial charge is 0.170 e. The highest BCUT2D eigenvalue weighted by Crippen LogP contribution is 2.33. The van der Waals surface area contributed by atoms with Gasteiger partial charge in [0.1, 0.15) is 0 Å². The highest BCUT2D eigenvalue weighted by atomic mass is 35.5. The van der Waals surface area contributed by atoms with Crippen LogP contribution >= 0.6 is 23.2 Å². The summed E-state index contributed by atoms with van der Waals surface area (Å²) in [6.07, 6.45) is 0. The summed E-state index contributed by atoms with van der Waals surface area (Å²) in [6, 6.07) is 6.86. The quantitative estimate of drug-likeness (QED) is 0.816. The summed E-state index contributed by atoms with van der Waals surface area (Å²) >= 11 is 11.8. The molecule has 0 aliphatic heterocycles. The van der Waals surface area contributed by atoms with Crippen LogP contribution in [0, 0.1) is 0 Å². The summed E-state index contributed by atoms with van der Waals surface area (Å²) in [4.78, 5) is 0. The summed E-state index contributed by atoms with van der Waals surface area (Å²) in [5.74, 6) is 0.825. The molecule has 2 rings (SSSR count). The third-order valence-electron chi connectivity index (χ3n) is 1.75. The maximum atomic E-state index is 5.98. The highest BCUT2D eigenvalue weighted by Gasteiger charge is 2.10. The Morgan fingerprint density at radius 1 is 1.29 bits per heavy atom. The molecule has 0 unspecified atom stereocenters. The average Bonchev–Trinajstić information content (AvgIpc) is 2.57. The van der Waals surface area contributed by atoms with E-state index >= 15 is 0 Å². The Bertz CT molecular complexity index is 468. The van der Waals surface area contributed by atoms with Crippen LogP contribution in [0.1, 0.15) is 0 Å². The SMILES string of the molecule is Nc1cc(-c2cccc(Cl)c2Cl)on1. The Morgan fingerprint density at radius 2 is 2.07 bits per heavy atom. The Labute approximate surface area is 90.4 Å². The fourth-order valence-electron chi connectivity index (χ4n) is 1.11. The molecule has 0 bridgehead atoms. The minimum Gasteiger partial charge on any atom is -0.381 e. The lowest BCUT2D eigenvalue weighted by Gasteiger charge is -2.00. The van der Waals surface area contributed by atoms with Gasteiger partial charge in [0, 0.05) is 11.6 Å². The second kappa shape index (κ2) is 3.52. The molecule has 0 aliphatic carbocycles. The van der Waals surface area contributed by atoms with Crippen LogP contribution in [-0.2, 0) is 0 Å². The predicted molar refractivity (Wildman–Crippen MR) is 56.4 cm³/mol. The number of aromatic nitrogens is 1. The molecule has 0 saturated carbocycles. The second-order valence-corrected chi connectivity index (χ2v) is 3.50. The first-order valence-corrected chi connectivity index (χ1v) is 4.60. The maximum Gasteiger partial charge on any atom is 0.170 e. The molecule has 0 radical (unpaired) electrons. The minimum absolute atomic E-state index is 0.316. The molecule has 1 aromatic carbocycles. The zero-order chi connectivity index (χ0) is 10.1. The summed E-state index contributed by atoms with van der Waals surface area (Å²) in [5, 5.41) is 4.47. The number of nitrogen functional groups attached to an aromatic ring is 1. The van der Waals surface area contributed by atoms with E-state index in [4.69, 9.17) is 33.5 Å². The molecule has 2 N–H and O–H groups in total. The lowest BCUT2D eigenvalue weighted by Crippen LogP contribution is -1.80. The molecule has 1 aromatic heterocycles. The van der Waals surface area contributed by atoms with Gasteiger partial charge >= 0.3 is 0 Å². The summed E-state index contributed by atoms with van der Waals surface area (Å²) in [7, 11) is 0. The first-order chi connectivity index (χ1) is 6.68. The van der Waals surface area contributed by atoms with E-state index in [1.165, 1.54) is 0 Å². The summed E-state index contributed by atoms with van der Waals surface area (Å²) in [6.45, 7) is 0. The van der Waals surface area contributed by atoms with Crippen LogP contribution in [0.4, 0.5) is 5.82 Å². The molecule has 0 aliphatic rings. The van der Waals surface area contributed by atoms with Crippen LogP contribution in [-0.4, -0.2) is 5.16 Å². The zero-order valence-corrected chi connectivity index (χ0v) is 8.51. The number of anilines is 1. The van der Waals surface area contributed by atoms with Gasteiger partial charge in [-0.05, 0) is 12.1 Å². The predicted octanol–water partition coefficient (Wildman–Crippen LogP) is 3.23. The molecule has 0 spiro atoms. The number of benzene rings is 1. The second-order valence-electron chi connectivity index (χ2n) is 2.72. The molecule has 14 heavy (non-hydrogen) atoms. The van der Waals surface area contributed by atoms with Crippen molar-refractivity contribution in [1.82, 2.24) is 5.16 Å². The van der Waals surface area contributed by atoms with Gasteiger partial charge in [0.05, 0.1) is 10.0 Å². The van der Waals surface area contributed by atoms with Crippen molar-refractivity contribution in [2.24, 2.45) is 0 Å². The number of hydrogen-bond acceptors (Lipinski definition) is 3. The molecule has 3 nitrogen and oxygen atoms in total. The molecular formula is C9H6Cl2N2O. The van der Waals surface area contributed by atoms with Gasteiger partial charge in [-0.3, -0.25) is 0 Å². The average molecular weight is 229 g/mol. The Morgan fingerprint density at radius 3 is 2.71 bits per heavy atom. The van der Waals surface area contributed by atoms with E-state index in [-0.39, 0.29) is 0 Å². The zero-order valence-electron chi connectivity index (χ0n) is 7.00. The summed E-state index contributed by atoms with van der Waals surface area (Å²) < 4.78 is 4.97. The third-order valence-corrected chi connectivity index (χ3v) is 2.56. The van der Waals surface area contributed by atoms with Crippen molar-refractivity contribution in [2.75, 3.05) is 5.73 Å². The molecule has 2 aromatic rings. The fraction of sp³-hybridized carbons (Fsp3) is 0. The van der Waals surface area contributed by atoms with Gasteiger partial charge in [0.15, 0.2) is 11.6 Å². The highest BCUT2D eigenvalue weighted by molar-refractivity contribution is 6.43. The number of nitrogens with two attached hydrogens (primary N) is 1. The van der Waals surface area contributed by atoms with Crippen LogP contribution in [0.5, 0.6) is 0 Å². The van der Waals surface area contributed by atoms with E-state index in [0.717, 1.165) is 0 Å². The van der Waals surface area contributed by atoms with Gasteiger partial charge in [-0.1, -0.05) is 34.4 Å². The van der Waals surface area contributed by atoms with Crippen molar-refractivity contribution in [3.8, 4) is 11.3 Å². The van der Waals surface area contributed by atoms with Crippen LogP contribution < -0.4 is 5.73 Å². The van der Waals surface area contributed by atoms with Crippen molar-refractivity contribution in [3.05, 3.63) is 34.3 Å². The van der Waals surface area contributed by atoms with E-state index in [2.05, 4.69) is 5.16 Å². The molecule has 1 heterocycles. The molecule has 0 saturated heterocycles. The van der Waals surface area contributed by atoms with Crippen molar-refractivity contribution < 1.29 is 4.52 Å². The standard InChI is InChI=1S/C9H6Cl2N2O/c10-6-3-1-2-5(9(6)11)7-4-8(12)13-14-7/h1-4H,(H2,12,13). The van der Waals surface area contributed by atoms with Gasteiger partial charge in [0.25, 0.3) is 0 Å². The topological polar surface area (TPSA) is 52.0 Å². The molecule has 72 valence electrons. The van der Waals surface area contributed by atoms with Crippen LogP contribution in [0.15, 0.2) is 28.8 Å². The fourth-order valence-corrected chi connectivity index (χ4v) is 1.50. The first-order valence-electron chi connectivity index (χ1n) is 3.85. The van der Waals surface area contributed by atoms with E-state index in [1.807, 2.05) is 0 Å². The van der Waals surface area contributed by atoms with Crippen LogP contribution in [0.2, 0.25) is 10.0 Å². The number of nitrogens with zero attached hydrogens (tertiary/aromatic N) is 1. The molecule has 5 heteroatoms. The summed E-state index contributed by atoms with van der Waals surface area (Å²) in [5.41, 5.74) is 6.11. The van der Waals surface area contributed by atoms with Gasteiger partial charge < -0.3 is 10.3 Å². The third kappa shape index (κ3) is 1.56. The molecule has 0 fully saturated rings. The van der Waals surface area contributed by atoms with Crippen LogP contribution in [0.25, 0.3) is 11.3 Å². The monoisotopic (exact) mass is 228 g/mol. The maximum absolute atomic E-state index is 5.98. The van der Waals surface area contributed by atoms with E-state index in [1.54, 1.807) is 24.3 Å². The number of rotatable bonds is 1. The molecule has 0 atom stereocenters. The Kier molecular flexibility index (Phi) is 2.35. The van der Waals surface area contributed by atoms with Crippen molar-refractivity contribution in [2.45, 2.75) is 0 Å². The first kappa shape index (κ1) is 9.37. The van der Waals surface area contributed by atoms with Crippen molar-refractivity contribution >= 4 is 29.0 Å². The van der Waals surface area contributed by atoms with Crippen molar-refractivity contribution in [3.63, 3.8) is 0 Å². The van der Waals surface area contributed by atoms with Gasteiger partial charge in [-0.15, -0.1) is 0 Å². The van der Waals surface area contributed by atoms with E-state index in [0.29, 0.717) is 27.2 Å². The Hall–Kier alpha value is -1.19. The van der Waals surface area contributed by atoms with Crippen LogP contribution in [0.3, 0.4) is 0 Å². The molecular weight excluding hydrogens is 223 g/mol. The molecule has 0 amide bonds. The van der Waals surface area contributed by atoms with Gasteiger partial charge in [0.2, 0.25) is 0 Å². The minimum atomic E-state index is 0.316. The lowest BCUT2D eigenvalue weighted by molar-refractivity contribution is 0.436. The number of halogens is 2. The Balaban J connectivity index is 2.57. The van der Waals surface area contributed by atoms with Crippen molar-refractivity contribution in [1.29, 1.82) is 0 Å². The normalized spacial score (nSPS) is 10.4. The lowest BCUT2D eigenvalue weighted by atomic mass is 10.2. The number of hydrogen-bond donors (Lipinski definition) is 1. The van der Waals surface area contributed by atoms with Gasteiger partial charge in [-0.25, -0.2) is 0 Å². The van der Waals surface area contributed by atoms with E-state index in [9.17, 15) is 0 Å². The largest absolute Gasteiger partial charge is 0.381 e. The van der Waals surface area contributed by atoms with E-state index < -0.39 is 0 Å². The van der Waals surface area contributed by atoms with Gasteiger partial charge in [-0.2, -0.15) is 0 Å².